The Labute approximate surface area is 179 Å². The van der Waals surface area contributed by atoms with E-state index in [0.29, 0.717) is 13.0 Å². The van der Waals surface area contributed by atoms with Gasteiger partial charge in [-0.15, -0.1) is 0 Å². The molecule has 5 heteroatoms. The number of fused-ring (bicyclic) bond motifs is 1. The predicted molar refractivity (Wildman–Crippen MR) is 115 cm³/mol. The van der Waals surface area contributed by atoms with Crippen molar-refractivity contribution in [3.05, 3.63) is 41.0 Å². The molecule has 0 spiro atoms. The molecule has 1 aromatic rings. The molecular formula is C25H33NO4. The third-order valence-electron chi connectivity index (χ3n) is 8.05. The second kappa shape index (κ2) is 7.38. The molecule has 2 bridgehead atoms. The summed E-state index contributed by atoms with van der Waals surface area (Å²) in [5, 5.41) is 12.3. The molecule has 0 amide bonds. The highest BCUT2D eigenvalue weighted by atomic mass is 16.5. The zero-order chi connectivity index (χ0) is 20.9. The molecule has 5 rings (SSSR count). The van der Waals surface area contributed by atoms with Gasteiger partial charge in [-0.05, 0) is 87.6 Å². The molecule has 1 heterocycles. The van der Waals surface area contributed by atoms with Crippen LogP contribution in [0, 0.1) is 5.92 Å². The SMILES string of the molecule is CCOC(=O)/C=C1/CC[C@@]2(O)[C@H]3Cc4ccc(OC)cc4[C@@]2(CCN3CC2CC2)C1. The summed E-state index contributed by atoms with van der Waals surface area (Å²) < 4.78 is 10.7. The summed E-state index contributed by atoms with van der Waals surface area (Å²) in [7, 11) is 1.70. The number of hydrogen-bond acceptors (Lipinski definition) is 5. The van der Waals surface area contributed by atoms with E-state index in [0.717, 1.165) is 56.0 Å². The molecule has 5 nitrogen and oxygen atoms in total. The van der Waals surface area contributed by atoms with Gasteiger partial charge in [0.15, 0.2) is 0 Å². The van der Waals surface area contributed by atoms with E-state index in [9.17, 15) is 9.90 Å². The summed E-state index contributed by atoms with van der Waals surface area (Å²) in [5.41, 5.74) is 2.51. The van der Waals surface area contributed by atoms with Crippen LogP contribution in [-0.2, 0) is 21.4 Å². The molecule has 1 aliphatic heterocycles. The van der Waals surface area contributed by atoms with Gasteiger partial charge < -0.3 is 14.6 Å². The van der Waals surface area contributed by atoms with E-state index in [1.54, 1.807) is 13.2 Å². The van der Waals surface area contributed by atoms with Crippen molar-refractivity contribution in [2.75, 3.05) is 26.8 Å². The Morgan fingerprint density at radius 1 is 1.33 bits per heavy atom. The lowest BCUT2D eigenvalue weighted by molar-refractivity contribution is -0.159. The van der Waals surface area contributed by atoms with E-state index in [4.69, 9.17) is 9.47 Å². The van der Waals surface area contributed by atoms with Crippen LogP contribution in [0.25, 0.3) is 0 Å². The first-order valence-corrected chi connectivity index (χ1v) is 11.5. The van der Waals surface area contributed by atoms with Gasteiger partial charge >= 0.3 is 5.97 Å². The fraction of sp³-hybridized carbons (Fsp3) is 0.640. The van der Waals surface area contributed by atoms with Crippen molar-refractivity contribution in [3.8, 4) is 5.75 Å². The van der Waals surface area contributed by atoms with Gasteiger partial charge in [-0.2, -0.15) is 0 Å². The van der Waals surface area contributed by atoms with E-state index in [-0.39, 0.29) is 17.4 Å². The fourth-order valence-corrected chi connectivity index (χ4v) is 6.40. The van der Waals surface area contributed by atoms with E-state index in [1.165, 1.54) is 24.0 Å². The average molecular weight is 412 g/mol. The van der Waals surface area contributed by atoms with Crippen LogP contribution in [0.3, 0.4) is 0 Å². The maximum atomic E-state index is 12.3. The number of likely N-dealkylation sites (tertiary alicyclic amines) is 1. The molecule has 162 valence electrons. The molecule has 1 aromatic carbocycles. The Morgan fingerprint density at radius 2 is 2.17 bits per heavy atom. The van der Waals surface area contributed by atoms with Gasteiger partial charge in [0, 0.05) is 24.1 Å². The Balaban J connectivity index is 1.58. The Hall–Kier alpha value is -1.85. The van der Waals surface area contributed by atoms with Crippen molar-refractivity contribution >= 4 is 5.97 Å². The zero-order valence-corrected chi connectivity index (χ0v) is 18.2. The van der Waals surface area contributed by atoms with Crippen LogP contribution in [0.5, 0.6) is 5.75 Å². The number of hydrogen-bond donors (Lipinski definition) is 1. The van der Waals surface area contributed by atoms with Gasteiger partial charge in [-0.1, -0.05) is 11.6 Å². The van der Waals surface area contributed by atoms with Gasteiger partial charge in [-0.3, -0.25) is 4.90 Å². The Bertz CT molecular complexity index is 876. The van der Waals surface area contributed by atoms with Crippen molar-refractivity contribution < 1.29 is 19.4 Å². The van der Waals surface area contributed by atoms with Gasteiger partial charge in [-0.25, -0.2) is 4.79 Å². The highest BCUT2D eigenvalue weighted by Gasteiger charge is 2.64. The van der Waals surface area contributed by atoms with Crippen molar-refractivity contribution in [2.45, 2.75) is 68.9 Å². The summed E-state index contributed by atoms with van der Waals surface area (Å²) in [6.07, 6.45) is 8.30. The lowest BCUT2D eigenvalue weighted by Gasteiger charge is -2.64. The van der Waals surface area contributed by atoms with E-state index >= 15 is 0 Å². The lowest BCUT2D eigenvalue weighted by Crippen LogP contribution is -2.72. The van der Waals surface area contributed by atoms with Gasteiger partial charge in [0.25, 0.3) is 0 Å². The second-order valence-corrected chi connectivity index (χ2v) is 9.67. The topological polar surface area (TPSA) is 59.0 Å². The molecule has 0 aromatic heterocycles. The number of benzene rings is 1. The van der Waals surface area contributed by atoms with E-state index in [1.807, 2.05) is 13.0 Å². The molecule has 2 saturated carbocycles. The molecule has 30 heavy (non-hydrogen) atoms. The number of nitrogens with zero attached hydrogens (tertiary/aromatic N) is 1. The lowest BCUT2D eigenvalue weighted by atomic mass is 9.49. The second-order valence-electron chi connectivity index (χ2n) is 9.67. The first-order chi connectivity index (χ1) is 14.5. The number of esters is 1. The monoisotopic (exact) mass is 411 g/mol. The number of aliphatic hydroxyl groups is 1. The highest BCUT2D eigenvalue weighted by Crippen LogP contribution is 2.59. The predicted octanol–water partition coefficient (Wildman–Crippen LogP) is 3.38. The highest BCUT2D eigenvalue weighted by molar-refractivity contribution is 5.83. The number of methoxy groups -OCH3 is 1. The van der Waals surface area contributed by atoms with Crippen molar-refractivity contribution in [1.82, 2.24) is 4.90 Å². The Morgan fingerprint density at radius 3 is 2.90 bits per heavy atom. The minimum absolute atomic E-state index is 0.150. The van der Waals surface area contributed by atoms with Crippen LogP contribution in [0.15, 0.2) is 29.8 Å². The van der Waals surface area contributed by atoms with Crippen LogP contribution in [0.4, 0.5) is 0 Å². The summed E-state index contributed by atoms with van der Waals surface area (Å²) in [6.45, 7) is 4.33. The fourth-order valence-electron chi connectivity index (χ4n) is 6.40. The number of carbonyl (C=O) groups excluding carboxylic acids is 1. The maximum Gasteiger partial charge on any atom is 0.330 e. The molecule has 4 aliphatic rings. The van der Waals surface area contributed by atoms with Crippen molar-refractivity contribution in [3.63, 3.8) is 0 Å². The summed E-state index contributed by atoms with van der Waals surface area (Å²) >= 11 is 0. The normalized spacial score (nSPS) is 34.2. The minimum Gasteiger partial charge on any atom is -0.497 e. The van der Waals surface area contributed by atoms with Gasteiger partial charge in [0.1, 0.15) is 5.75 Å². The summed E-state index contributed by atoms with van der Waals surface area (Å²) in [6, 6.07) is 6.52. The Kier molecular flexibility index (Phi) is 4.94. The van der Waals surface area contributed by atoms with E-state index < -0.39 is 5.60 Å². The van der Waals surface area contributed by atoms with E-state index in [2.05, 4.69) is 17.0 Å². The van der Waals surface area contributed by atoms with Crippen LogP contribution >= 0.6 is 0 Å². The van der Waals surface area contributed by atoms with Crippen molar-refractivity contribution in [2.24, 2.45) is 5.92 Å². The first kappa shape index (κ1) is 20.1. The molecule has 0 radical (unpaired) electrons. The molecule has 3 aliphatic carbocycles. The third kappa shape index (κ3) is 3.09. The van der Waals surface area contributed by atoms with Crippen LogP contribution < -0.4 is 4.74 Å². The van der Waals surface area contributed by atoms with Crippen molar-refractivity contribution in [1.29, 1.82) is 0 Å². The summed E-state index contributed by atoms with van der Waals surface area (Å²) in [5.74, 6) is 1.38. The largest absolute Gasteiger partial charge is 0.497 e. The zero-order valence-electron chi connectivity index (χ0n) is 18.2. The molecular weight excluding hydrogens is 378 g/mol. The van der Waals surface area contributed by atoms with Crippen LogP contribution in [0.2, 0.25) is 0 Å². The number of piperidine rings is 1. The third-order valence-corrected chi connectivity index (χ3v) is 8.05. The van der Waals surface area contributed by atoms with Crippen LogP contribution in [-0.4, -0.2) is 54.4 Å². The molecule has 0 unspecified atom stereocenters. The number of rotatable bonds is 5. The summed E-state index contributed by atoms with van der Waals surface area (Å²) in [4.78, 5) is 14.7. The maximum absolute atomic E-state index is 12.3. The standard InChI is InChI=1S/C25H33NO4/c1-3-30-23(27)12-18-8-9-25(28)22-13-19-6-7-20(29-2)14-21(19)24(25,15-18)10-11-26(22)16-17-4-5-17/h6-7,12,14,17,22,28H,3-5,8-11,13,15-16H2,1-2H3/b18-12-/t22-,24-,25-/m1/s1. The molecule has 1 saturated heterocycles. The minimum atomic E-state index is -0.772. The number of allylic oxidation sites excluding steroid dienone is 1. The number of carbonyl (C=O) groups is 1. The molecule has 3 atom stereocenters. The van der Waals surface area contributed by atoms with Gasteiger partial charge in [0.05, 0.1) is 19.3 Å². The quantitative estimate of drug-likeness (QED) is 0.595. The molecule has 1 N–H and O–H groups in total. The smallest absolute Gasteiger partial charge is 0.330 e. The molecule has 3 fully saturated rings. The van der Waals surface area contributed by atoms with Crippen LogP contribution in [0.1, 0.15) is 56.6 Å². The first-order valence-electron chi connectivity index (χ1n) is 11.5. The van der Waals surface area contributed by atoms with Gasteiger partial charge in [0.2, 0.25) is 0 Å². The average Bonchev–Trinajstić information content (AvgIpc) is 3.54. The number of ether oxygens (including phenoxy) is 2.